The molecule has 0 aliphatic rings. The van der Waals surface area contributed by atoms with Crippen LogP contribution in [0.25, 0.3) is 99.2 Å². The number of para-hydroxylation sites is 3. The number of nitrogens with zero attached hydrogens (tertiary/aromatic N) is 2. The number of hydrogen-bond acceptors (Lipinski definition) is 1. The summed E-state index contributed by atoms with van der Waals surface area (Å²) < 4.78 is 11.8. The maximum Gasteiger partial charge on any atom is 0.179 e. The average Bonchev–Trinajstić information content (AvgIpc) is 4.10. The highest BCUT2D eigenvalue weighted by atomic mass is 28.3. The van der Waals surface area contributed by atoms with Crippen molar-refractivity contribution in [3.05, 3.63) is 267 Å². The molecule has 70 heavy (non-hydrogen) atoms. The first-order valence-corrected chi connectivity index (χ1v) is 26.1. The van der Waals surface area contributed by atoms with E-state index in [2.05, 4.69) is 276 Å². The van der Waals surface area contributed by atoms with Crippen molar-refractivity contribution in [2.45, 2.75) is 0 Å². The lowest BCUT2D eigenvalue weighted by atomic mass is 9.97. The molecule has 328 valence electrons. The van der Waals surface area contributed by atoms with Crippen LogP contribution >= 0.6 is 0 Å². The van der Waals surface area contributed by atoms with E-state index in [4.69, 9.17) is 4.42 Å². The summed E-state index contributed by atoms with van der Waals surface area (Å²) in [5.74, 6) is 0. The Morgan fingerprint density at radius 1 is 0.286 bits per heavy atom. The third-order valence-electron chi connectivity index (χ3n) is 14.7. The quantitative estimate of drug-likeness (QED) is 0.110. The molecule has 0 saturated heterocycles. The highest BCUT2D eigenvalue weighted by Crippen LogP contribution is 2.43. The Balaban J connectivity index is 1.05. The lowest BCUT2D eigenvalue weighted by Gasteiger charge is -2.34. The van der Waals surface area contributed by atoms with Gasteiger partial charge in [-0.2, -0.15) is 0 Å². The van der Waals surface area contributed by atoms with E-state index >= 15 is 0 Å². The summed E-state index contributed by atoms with van der Waals surface area (Å²) in [5, 5.41) is 12.5. The Kier molecular flexibility index (Phi) is 9.23. The molecule has 0 radical (unpaired) electrons. The Hall–Kier alpha value is -8.96. The molecule has 3 nitrogen and oxygen atoms in total. The Morgan fingerprint density at radius 2 is 0.786 bits per heavy atom. The predicted molar refractivity (Wildman–Crippen MR) is 297 cm³/mol. The van der Waals surface area contributed by atoms with Crippen LogP contribution in [0.2, 0.25) is 0 Å². The molecule has 0 spiro atoms. The van der Waals surface area contributed by atoms with Gasteiger partial charge in [-0.15, -0.1) is 0 Å². The van der Waals surface area contributed by atoms with E-state index in [1.54, 1.807) is 0 Å². The van der Waals surface area contributed by atoms with Crippen LogP contribution in [0.5, 0.6) is 0 Å². The summed E-state index contributed by atoms with van der Waals surface area (Å²) in [6, 6.07) is 98.2. The Morgan fingerprint density at radius 3 is 1.47 bits per heavy atom. The molecule has 14 rings (SSSR count). The molecule has 14 aromatic rings. The van der Waals surface area contributed by atoms with Crippen molar-refractivity contribution in [2.24, 2.45) is 0 Å². The maximum absolute atomic E-state index is 6.89. The van der Waals surface area contributed by atoms with E-state index in [0.717, 1.165) is 55.5 Å². The number of benzene rings is 11. The highest BCUT2D eigenvalue weighted by molar-refractivity contribution is 7.20. The van der Waals surface area contributed by atoms with Crippen LogP contribution in [0, 0.1) is 0 Å². The molecule has 3 aromatic heterocycles. The third-order valence-corrected chi connectivity index (χ3v) is 19.4. The fourth-order valence-electron chi connectivity index (χ4n) is 11.7. The fourth-order valence-corrected chi connectivity index (χ4v) is 16.4. The molecule has 0 aliphatic heterocycles. The van der Waals surface area contributed by atoms with Gasteiger partial charge in [0.1, 0.15) is 11.2 Å². The van der Waals surface area contributed by atoms with Crippen molar-refractivity contribution in [2.75, 3.05) is 0 Å². The van der Waals surface area contributed by atoms with Crippen molar-refractivity contribution in [3.8, 4) is 33.6 Å². The third kappa shape index (κ3) is 6.07. The van der Waals surface area contributed by atoms with Crippen LogP contribution in [0.4, 0.5) is 0 Å². The summed E-state index contributed by atoms with van der Waals surface area (Å²) >= 11 is 0. The molecule has 0 amide bonds. The van der Waals surface area contributed by atoms with Gasteiger partial charge in [-0.05, 0) is 98.1 Å². The number of hydrogen-bond donors (Lipinski definition) is 0. The molecule has 0 saturated carbocycles. The molecular formula is C66H44N2OSi. The topological polar surface area (TPSA) is 23.0 Å². The van der Waals surface area contributed by atoms with Crippen LogP contribution in [0.1, 0.15) is 0 Å². The summed E-state index contributed by atoms with van der Waals surface area (Å²) in [7, 11) is -2.86. The van der Waals surface area contributed by atoms with E-state index in [9.17, 15) is 0 Å². The largest absolute Gasteiger partial charge is 0.455 e. The van der Waals surface area contributed by atoms with Gasteiger partial charge < -0.3 is 13.6 Å². The number of fused-ring (bicyclic) bond motifs is 9. The summed E-state index contributed by atoms with van der Waals surface area (Å²) in [4.78, 5) is 0. The molecule has 3 heterocycles. The van der Waals surface area contributed by atoms with Crippen LogP contribution in [-0.2, 0) is 0 Å². The Labute approximate surface area is 406 Å². The van der Waals surface area contributed by atoms with Crippen LogP contribution in [-0.4, -0.2) is 17.2 Å². The first-order valence-electron chi connectivity index (χ1n) is 24.1. The Bertz CT molecular complexity index is 4170. The molecule has 0 bridgehead atoms. The smallest absolute Gasteiger partial charge is 0.179 e. The van der Waals surface area contributed by atoms with Gasteiger partial charge in [0.2, 0.25) is 0 Å². The number of furan rings is 1. The second kappa shape index (κ2) is 16.1. The molecule has 0 N–H and O–H groups in total. The fraction of sp³-hybridized carbons (Fsp3) is 0. The number of rotatable bonds is 8. The molecule has 4 heteroatoms. The molecule has 0 fully saturated rings. The van der Waals surface area contributed by atoms with E-state index in [1.165, 1.54) is 64.5 Å². The standard InChI is InChI=1S/C66H44N2OSi/c1-6-20-45(21-7-1)53-31-19-35-64-65(53)56-33-18-32-54(66(56)69-64)46-36-39-61-57(42-46)59-44-52(70(49-24-10-3-11-25-49,50-26-12-4-13-27-50)51-28-14-5-15-29-51)38-41-63(59)68(61)48-37-40-62-58(43-48)55-30-16-17-34-60(55)67(62)47-22-8-2-9-23-47/h1-44H. The lowest BCUT2D eigenvalue weighted by molar-refractivity contribution is 0.670. The summed E-state index contributed by atoms with van der Waals surface area (Å²) in [6.07, 6.45) is 0. The molecular weight excluding hydrogens is 865 g/mol. The summed E-state index contributed by atoms with van der Waals surface area (Å²) in [5.41, 5.74) is 13.3. The summed E-state index contributed by atoms with van der Waals surface area (Å²) in [6.45, 7) is 0. The zero-order chi connectivity index (χ0) is 46.2. The van der Waals surface area contributed by atoms with E-state index in [1.807, 2.05) is 0 Å². The van der Waals surface area contributed by atoms with Crippen molar-refractivity contribution < 1.29 is 4.42 Å². The highest BCUT2D eigenvalue weighted by Gasteiger charge is 2.41. The minimum Gasteiger partial charge on any atom is -0.455 e. The molecule has 0 atom stereocenters. The normalized spacial score (nSPS) is 12.0. The number of aromatic nitrogens is 2. The average molecular weight is 909 g/mol. The zero-order valence-electron chi connectivity index (χ0n) is 38.2. The van der Waals surface area contributed by atoms with Gasteiger partial charge >= 0.3 is 0 Å². The second-order valence-electron chi connectivity index (χ2n) is 18.4. The van der Waals surface area contributed by atoms with Crippen molar-refractivity contribution >= 4 is 94.4 Å². The van der Waals surface area contributed by atoms with E-state index in [-0.39, 0.29) is 0 Å². The van der Waals surface area contributed by atoms with Gasteiger partial charge in [-0.3, -0.25) is 0 Å². The van der Waals surface area contributed by atoms with Gasteiger partial charge in [0.15, 0.2) is 8.07 Å². The SMILES string of the molecule is c1ccc(-c2cccc3oc4c(-c5ccc6c(c5)c5cc([Si](c7ccccc7)(c7ccccc7)c7ccccc7)ccc5n6-c5ccc6c(c5)c5ccccc5n6-c5ccccc5)cccc4c23)cc1. The van der Waals surface area contributed by atoms with Gasteiger partial charge in [-0.25, -0.2) is 0 Å². The van der Waals surface area contributed by atoms with Crippen molar-refractivity contribution in [3.63, 3.8) is 0 Å². The minimum absolute atomic E-state index is 0.888. The van der Waals surface area contributed by atoms with Crippen LogP contribution in [0.15, 0.2) is 271 Å². The van der Waals surface area contributed by atoms with Gasteiger partial charge in [0.25, 0.3) is 0 Å². The molecule has 11 aromatic carbocycles. The van der Waals surface area contributed by atoms with Gasteiger partial charge in [0, 0.05) is 49.3 Å². The van der Waals surface area contributed by atoms with Crippen LogP contribution in [0.3, 0.4) is 0 Å². The van der Waals surface area contributed by atoms with Crippen molar-refractivity contribution in [1.29, 1.82) is 0 Å². The van der Waals surface area contributed by atoms with E-state index < -0.39 is 8.07 Å². The van der Waals surface area contributed by atoms with Gasteiger partial charge in [-0.1, -0.05) is 206 Å². The zero-order valence-corrected chi connectivity index (χ0v) is 39.2. The van der Waals surface area contributed by atoms with E-state index in [0.29, 0.717) is 0 Å². The van der Waals surface area contributed by atoms with Gasteiger partial charge in [0.05, 0.1) is 22.1 Å². The monoisotopic (exact) mass is 908 g/mol. The van der Waals surface area contributed by atoms with Crippen LogP contribution < -0.4 is 20.7 Å². The predicted octanol–water partition coefficient (Wildman–Crippen LogP) is 14.5. The maximum atomic E-state index is 6.89. The molecule has 0 unspecified atom stereocenters. The lowest BCUT2D eigenvalue weighted by Crippen LogP contribution is -2.74. The first-order chi connectivity index (χ1) is 34.7. The molecule has 0 aliphatic carbocycles. The minimum atomic E-state index is -2.86. The van der Waals surface area contributed by atoms with Crippen molar-refractivity contribution in [1.82, 2.24) is 9.13 Å². The first kappa shape index (κ1) is 40.1. The second-order valence-corrected chi connectivity index (χ2v) is 22.2.